The molecule has 158 valence electrons. The highest BCUT2D eigenvalue weighted by molar-refractivity contribution is 7.09. The molecular weight excluding hydrogens is 418 g/mol. The van der Waals surface area contributed by atoms with Gasteiger partial charge in [0.15, 0.2) is 0 Å². The van der Waals surface area contributed by atoms with Gasteiger partial charge >= 0.3 is 0 Å². The lowest BCUT2D eigenvalue weighted by atomic mass is 10.1. The standard InChI is InChI=1S/C23H26ClN3O2S/c1-16-7-9-27(10-8-20-4-3-11-30-20)23(29)21(16)13-22(28)26-15-18-12-19(24)6-5-17(18)14-25-2/h3-7,9,11-12,25H,8,10,13-15H2,1-2H3,(H,26,28). The maximum atomic E-state index is 12.9. The lowest BCUT2D eigenvalue weighted by Gasteiger charge is -2.13. The summed E-state index contributed by atoms with van der Waals surface area (Å²) in [6.07, 6.45) is 2.67. The maximum absolute atomic E-state index is 12.9. The Morgan fingerprint density at radius 1 is 1.17 bits per heavy atom. The van der Waals surface area contributed by atoms with Crippen LogP contribution in [-0.4, -0.2) is 17.5 Å². The molecule has 5 nitrogen and oxygen atoms in total. The van der Waals surface area contributed by atoms with Crippen molar-refractivity contribution in [3.8, 4) is 0 Å². The van der Waals surface area contributed by atoms with Crippen LogP contribution in [0.3, 0.4) is 0 Å². The number of aryl methyl sites for hydroxylation is 3. The number of carbonyl (C=O) groups excluding carboxylic acids is 1. The van der Waals surface area contributed by atoms with Gasteiger partial charge in [-0.25, -0.2) is 0 Å². The number of aromatic nitrogens is 1. The highest BCUT2D eigenvalue weighted by Gasteiger charge is 2.13. The van der Waals surface area contributed by atoms with E-state index >= 15 is 0 Å². The van der Waals surface area contributed by atoms with Crippen LogP contribution < -0.4 is 16.2 Å². The molecule has 7 heteroatoms. The van der Waals surface area contributed by atoms with E-state index in [2.05, 4.69) is 16.7 Å². The number of rotatable bonds is 9. The van der Waals surface area contributed by atoms with E-state index in [-0.39, 0.29) is 17.9 Å². The largest absolute Gasteiger partial charge is 0.352 e. The molecule has 30 heavy (non-hydrogen) atoms. The van der Waals surface area contributed by atoms with Crippen LogP contribution in [0.15, 0.2) is 52.8 Å². The van der Waals surface area contributed by atoms with Crippen molar-refractivity contribution in [2.45, 2.75) is 39.4 Å². The minimum atomic E-state index is -0.179. The van der Waals surface area contributed by atoms with Gasteiger partial charge in [0.1, 0.15) is 0 Å². The fourth-order valence-corrected chi connectivity index (χ4v) is 4.22. The van der Waals surface area contributed by atoms with Crippen molar-refractivity contribution in [2.75, 3.05) is 7.05 Å². The van der Waals surface area contributed by atoms with Gasteiger partial charge in [-0.2, -0.15) is 0 Å². The molecule has 0 spiro atoms. The van der Waals surface area contributed by atoms with Crippen molar-refractivity contribution in [1.29, 1.82) is 0 Å². The summed E-state index contributed by atoms with van der Waals surface area (Å²) < 4.78 is 1.69. The average molecular weight is 444 g/mol. The average Bonchev–Trinajstić information content (AvgIpc) is 3.24. The summed E-state index contributed by atoms with van der Waals surface area (Å²) in [5, 5.41) is 8.71. The van der Waals surface area contributed by atoms with Crippen molar-refractivity contribution in [1.82, 2.24) is 15.2 Å². The molecule has 0 aliphatic rings. The predicted octanol–water partition coefficient (Wildman–Crippen LogP) is 3.69. The molecule has 0 saturated heterocycles. The first-order valence-corrected chi connectivity index (χ1v) is 11.1. The van der Waals surface area contributed by atoms with E-state index in [1.807, 2.05) is 55.9 Å². The van der Waals surface area contributed by atoms with Gasteiger partial charge in [0.05, 0.1) is 6.42 Å². The highest BCUT2D eigenvalue weighted by atomic mass is 35.5. The number of hydrogen-bond acceptors (Lipinski definition) is 4. The number of thiophene rings is 1. The fraction of sp³-hybridized carbons (Fsp3) is 0.304. The Morgan fingerprint density at radius 2 is 2.00 bits per heavy atom. The Labute approximate surface area is 185 Å². The molecule has 0 atom stereocenters. The summed E-state index contributed by atoms with van der Waals surface area (Å²) >= 11 is 7.79. The topological polar surface area (TPSA) is 63.1 Å². The number of halogens is 1. The van der Waals surface area contributed by atoms with Gasteiger partial charge in [-0.1, -0.05) is 23.7 Å². The maximum Gasteiger partial charge on any atom is 0.254 e. The second kappa shape index (κ2) is 10.6. The zero-order chi connectivity index (χ0) is 21.5. The van der Waals surface area contributed by atoms with E-state index in [0.29, 0.717) is 30.2 Å². The van der Waals surface area contributed by atoms with Gasteiger partial charge in [-0.15, -0.1) is 11.3 Å². The minimum absolute atomic E-state index is 0.0619. The fourth-order valence-electron chi connectivity index (χ4n) is 3.33. The van der Waals surface area contributed by atoms with Crippen LogP contribution in [0.1, 0.15) is 27.1 Å². The molecule has 0 saturated carbocycles. The van der Waals surface area contributed by atoms with Crippen molar-refractivity contribution in [3.05, 3.63) is 90.5 Å². The van der Waals surface area contributed by atoms with Gasteiger partial charge in [-0.05, 0) is 66.7 Å². The Morgan fingerprint density at radius 3 is 2.73 bits per heavy atom. The molecule has 2 heterocycles. The number of benzene rings is 1. The van der Waals surface area contributed by atoms with Crippen molar-refractivity contribution in [2.24, 2.45) is 0 Å². The lowest BCUT2D eigenvalue weighted by Crippen LogP contribution is -2.31. The highest BCUT2D eigenvalue weighted by Crippen LogP contribution is 2.16. The summed E-state index contributed by atoms with van der Waals surface area (Å²) in [5.41, 5.74) is 3.32. The third kappa shape index (κ3) is 5.81. The lowest BCUT2D eigenvalue weighted by molar-refractivity contribution is -0.120. The van der Waals surface area contributed by atoms with Gasteiger partial charge in [0.25, 0.3) is 5.56 Å². The van der Waals surface area contributed by atoms with Crippen LogP contribution in [0.5, 0.6) is 0 Å². The van der Waals surface area contributed by atoms with Crippen molar-refractivity contribution >= 4 is 28.8 Å². The van der Waals surface area contributed by atoms with E-state index in [1.54, 1.807) is 15.9 Å². The Bertz CT molecular complexity index is 1060. The van der Waals surface area contributed by atoms with Gasteiger partial charge in [0, 0.05) is 41.3 Å². The number of amides is 1. The Hall–Kier alpha value is -2.41. The Kier molecular flexibility index (Phi) is 7.85. The van der Waals surface area contributed by atoms with E-state index in [4.69, 9.17) is 11.6 Å². The molecule has 3 aromatic rings. The normalized spacial score (nSPS) is 10.9. The van der Waals surface area contributed by atoms with Crippen LogP contribution >= 0.6 is 22.9 Å². The first-order chi connectivity index (χ1) is 14.5. The van der Waals surface area contributed by atoms with Crippen LogP contribution in [0.25, 0.3) is 0 Å². The van der Waals surface area contributed by atoms with E-state index in [0.717, 1.165) is 23.1 Å². The van der Waals surface area contributed by atoms with Crippen LogP contribution in [0, 0.1) is 6.92 Å². The number of nitrogens with zero attached hydrogens (tertiary/aromatic N) is 1. The molecule has 0 fully saturated rings. The summed E-state index contributed by atoms with van der Waals surface area (Å²) in [6, 6.07) is 11.6. The monoisotopic (exact) mass is 443 g/mol. The second-order valence-electron chi connectivity index (χ2n) is 7.20. The van der Waals surface area contributed by atoms with E-state index in [1.165, 1.54) is 4.88 Å². The molecule has 0 radical (unpaired) electrons. The van der Waals surface area contributed by atoms with E-state index in [9.17, 15) is 9.59 Å². The number of carbonyl (C=O) groups is 1. The molecule has 2 N–H and O–H groups in total. The van der Waals surface area contributed by atoms with Crippen molar-refractivity contribution < 1.29 is 4.79 Å². The van der Waals surface area contributed by atoms with Gasteiger partial charge in [-0.3, -0.25) is 9.59 Å². The van der Waals surface area contributed by atoms with Gasteiger partial charge < -0.3 is 15.2 Å². The van der Waals surface area contributed by atoms with E-state index < -0.39 is 0 Å². The predicted molar refractivity (Wildman–Crippen MR) is 123 cm³/mol. The molecule has 1 amide bonds. The third-order valence-electron chi connectivity index (χ3n) is 5.03. The second-order valence-corrected chi connectivity index (χ2v) is 8.67. The number of hydrogen-bond donors (Lipinski definition) is 2. The zero-order valence-electron chi connectivity index (χ0n) is 17.2. The third-order valence-corrected chi connectivity index (χ3v) is 6.20. The quantitative estimate of drug-likeness (QED) is 0.530. The first-order valence-electron chi connectivity index (χ1n) is 9.88. The SMILES string of the molecule is CNCc1ccc(Cl)cc1CNC(=O)Cc1c(C)ccn(CCc2cccs2)c1=O. The minimum Gasteiger partial charge on any atom is -0.352 e. The summed E-state index contributed by atoms with van der Waals surface area (Å²) in [4.78, 5) is 26.7. The molecule has 2 aromatic heterocycles. The first kappa shape index (κ1) is 22.3. The van der Waals surface area contributed by atoms with Gasteiger partial charge in [0.2, 0.25) is 5.91 Å². The number of pyridine rings is 1. The van der Waals surface area contributed by atoms with Crippen molar-refractivity contribution in [3.63, 3.8) is 0 Å². The molecule has 0 bridgehead atoms. The zero-order valence-corrected chi connectivity index (χ0v) is 18.8. The summed E-state index contributed by atoms with van der Waals surface area (Å²) in [7, 11) is 1.87. The molecular formula is C23H26ClN3O2S. The van der Waals surface area contributed by atoms with Crippen LogP contribution in [-0.2, 0) is 37.3 Å². The molecule has 0 aliphatic heterocycles. The summed E-state index contributed by atoms with van der Waals surface area (Å²) in [5.74, 6) is -0.179. The molecule has 1 aromatic carbocycles. The number of nitrogens with one attached hydrogen (secondary N) is 2. The van der Waals surface area contributed by atoms with Crippen LogP contribution in [0.4, 0.5) is 0 Å². The summed E-state index contributed by atoms with van der Waals surface area (Å²) in [6.45, 7) is 3.53. The molecule has 3 rings (SSSR count). The Balaban J connectivity index is 1.67. The molecule has 0 aliphatic carbocycles. The molecule has 0 unspecified atom stereocenters. The van der Waals surface area contributed by atoms with Crippen LogP contribution in [0.2, 0.25) is 5.02 Å². The smallest absolute Gasteiger partial charge is 0.254 e.